The van der Waals surface area contributed by atoms with Crippen molar-refractivity contribution in [2.45, 2.75) is 0 Å². The van der Waals surface area contributed by atoms with Crippen LogP contribution in [0.25, 0.3) is 0 Å². The number of nitrogens with zero attached hydrogens (tertiary/aromatic N) is 2. The molecule has 0 saturated carbocycles. The van der Waals surface area contributed by atoms with Crippen molar-refractivity contribution in [3.63, 3.8) is 0 Å². The number of aromatic nitrogens is 1. The van der Waals surface area contributed by atoms with E-state index < -0.39 is 0 Å². The van der Waals surface area contributed by atoms with E-state index in [2.05, 4.69) is 21.3 Å². The number of hydrogen-bond acceptors (Lipinski definition) is 2. The second-order valence-corrected chi connectivity index (χ2v) is 3.06. The summed E-state index contributed by atoms with van der Waals surface area (Å²) in [7, 11) is 0. The van der Waals surface area contributed by atoms with Crippen LogP contribution in [0.1, 0.15) is 0 Å². The fourth-order valence-corrected chi connectivity index (χ4v) is 1.55. The van der Waals surface area contributed by atoms with Gasteiger partial charge in [0.1, 0.15) is 0 Å². The predicted octanol–water partition coefficient (Wildman–Crippen LogP) is -0.535. The first kappa shape index (κ1) is 7.55. The second-order valence-electron chi connectivity index (χ2n) is 3.06. The molecule has 0 aliphatic carbocycles. The average molecular weight is 164 g/mol. The highest BCUT2D eigenvalue weighted by atomic mass is 15.2. The number of anilines is 1. The van der Waals surface area contributed by atoms with E-state index in [1.54, 1.807) is 0 Å². The Hall–Kier alpha value is -1.09. The van der Waals surface area contributed by atoms with Gasteiger partial charge in [-0.15, -0.1) is 0 Å². The normalized spacial score (nSPS) is 17.8. The summed E-state index contributed by atoms with van der Waals surface area (Å²) in [6, 6.07) is 4.12. The Morgan fingerprint density at radius 3 is 2.83 bits per heavy atom. The molecule has 0 aromatic carbocycles. The number of nitrogens with two attached hydrogens (primary N) is 1. The van der Waals surface area contributed by atoms with Gasteiger partial charge >= 0.3 is 0 Å². The zero-order valence-corrected chi connectivity index (χ0v) is 7.11. The molecule has 1 aromatic heterocycles. The third-order valence-electron chi connectivity index (χ3n) is 2.22. The highest BCUT2D eigenvalue weighted by molar-refractivity contribution is 5.43. The van der Waals surface area contributed by atoms with E-state index >= 15 is 0 Å². The van der Waals surface area contributed by atoms with Crippen LogP contribution in [0.15, 0.2) is 24.5 Å². The largest absolute Gasteiger partial charge is 0.359 e. The molecule has 0 radical (unpaired) electrons. The number of quaternary nitrogens is 1. The van der Waals surface area contributed by atoms with Gasteiger partial charge in [0.15, 0.2) is 0 Å². The van der Waals surface area contributed by atoms with Crippen molar-refractivity contribution in [2.24, 2.45) is 0 Å². The van der Waals surface area contributed by atoms with E-state index in [4.69, 9.17) is 0 Å². The monoisotopic (exact) mass is 164 g/mol. The van der Waals surface area contributed by atoms with Crippen LogP contribution in [-0.4, -0.2) is 31.2 Å². The van der Waals surface area contributed by atoms with Crippen LogP contribution in [0, 0.1) is 0 Å². The van der Waals surface area contributed by atoms with Gasteiger partial charge in [-0.2, -0.15) is 0 Å². The minimum Gasteiger partial charge on any atom is -0.359 e. The van der Waals surface area contributed by atoms with E-state index in [9.17, 15) is 0 Å². The maximum Gasteiger partial charge on any atom is 0.0934 e. The zero-order valence-electron chi connectivity index (χ0n) is 7.11. The smallest absolute Gasteiger partial charge is 0.0934 e. The number of hydrogen-bond donors (Lipinski definition) is 1. The molecule has 0 atom stereocenters. The molecule has 2 heterocycles. The average Bonchev–Trinajstić information content (AvgIpc) is 2.21. The van der Waals surface area contributed by atoms with E-state index in [1.165, 1.54) is 18.8 Å². The number of piperazine rings is 1. The maximum atomic E-state index is 4.11. The first-order valence-electron chi connectivity index (χ1n) is 4.43. The molecule has 0 unspecified atom stereocenters. The van der Waals surface area contributed by atoms with Gasteiger partial charge in [-0.25, -0.2) is 0 Å². The van der Waals surface area contributed by atoms with Crippen molar-refractivity contribution in [2.75, 3.05) is 31.1 Å². The van der Waals surface area contributed by atoms with Gasteiger partial charge in [0.05, 0.1) is 38.1 Å². The van der Waals surface area contributed by atoms with Crippen molar-refractivity contribution in [3.05, 3.63) is 24.5 Å². The molecular formula is C9H14N3+. The number of rotatable bonds is 1. The van der Waals surface area contributed by atoms with Crippen molar-refractivity contribution < 1.29 is 5.32 Å². The Kier molecular flexibility index (Phi) is 2.23. The summed E-state index contributed by atoms with van der Waals surface area (Å²) in [5.74, 6) is 0. The van der Waals surface area contributed by atoms with Gasteiger partial charge in [-0.3, -0.25) is 4.98 Å². The summed E-state index contributed by atoms with van der Waals surface area (Å²) in [5.41, 5.74) is 1.26. The Labute approximate surface area is 72.4 Å². The van der Waals surface area contributed by atoms with Crippen LogP contribution in [-0.2, 0) is 0 Å². The summed E-state index contributed by atoms with van der Waals surface area (Å²) in [5, 5.41) is 2.35. The lowest BCUT2D eigenvalue weighted by molar-refractivity contribution is -0.655. The van der Waals surface area contributed by atoms with Gasteiger partial charge in [-0.05, 0) is 12.1 Å². The Morgan fingerprint density at radius 1 is 1.33 bits per heavy atom. The van der Waals surface area contributed by atoms with Crippen LogP contribution in [0.2, 0.25) is 0 Å². The fraction of sp³-hybridized carbons (Fsp3) is 0.444. The highest BCUT2D eigenvalue weighted by Crippen LogP contribution is 2.10. The van der Waals surface area contributed by atoms with Crippen molar-refractivity contribution in [1.82, 2.24) is 4.98 Å². The van der Waals surface area contributed by atoms with E-state index in [0.29, 0.717) is 0 Å². The molecule has 3 heteroatoms. The molecule has 2 rings (SSSR count). The lowest BCUT2D eigenvalue weighted by atomic mass is 10.3. The molecule has 1 aliphatic heterocycles. The Balaban J connectivity index is 2.08. The van der Waals surface area contributed by atoms with Gasteiger partial charge in [0.2, 0.25) is 0 Å². The van der Waals surface area contributed by atoms with Crippen LogP contribution in [0.4, 0.5) is 5.69 Å². The molecule has 0 bridgehead atoms. The van der Waals surface area contributed by atoms with Crippen LogP contribution in [0.5, 0.6) is 0 Å². The van der Waals surface area contributed by atoms with E-state index in [1.807, 2.05) is 18.5 Å². The first-order chi connectivity index (χ1) is 5.97. The molecule has 0 spiro atoms. The van der Waals surface area contributed by atoms with Crippen molar-refractivity contribution >= 4 is 5.69 Å². The summed E-state index contributed by atoms with van der Waals surface area (Å²) in [6.45, 7) is 4.70. The van der Waals surface area contributed by atoms with E-state index in [0.717, 1.165) is 13.1 Å². The fourth-order valence-electron chi connectivity index (χ4n) is 1.55. The molecule has 12 heavy (non-hydrogen) atoms. The summed E-state index contributed by atoms with van der Waals surface area (Å²) in [6.07, 6.45) is 3.75. The van der Waals surface area contributed by atoms with Crippen LogP contribution in [0.3, 0.4) is 0 Å². The molecule has 64 valence electrons. The van der Waals surface area contributed by atoms with Crippen LogP contribution >= 0.6 is 0 Å². The molecule has 1 saturated heterocycles. The van der Waals surface area contributed by atoms with Gasteiger partial charge in [-0.1, -0.05) is 0 Å². The Bertz CT molecular complexity index is 229. The molecule has 1 aliphatic rings. The minimum atomic E-state index is 1.14. The van der Waals surface area contributed by atoms with Crippen LogP contribution < -0.4 is 10.2 Å². The topological polar surface area (TPSA) is 32.7 Å². The summed E-state index contributed by atoms with van der Waals surface area (Å²) in [4.78, 5) is 6.49. The SMILES string of the molecule is c1cncc(N2CC[NH2+]CC2)c1. The van der Waals surface area contributed by atoms with Gasteiger partial charge < -0.3 is 10.2 Å². The minimum absolute atomic E-state index is 1.14. The quantitative estimate of drug-likeness (QED) is 0.605. The highest BCUT2D eigenvalue weighted by Gasteiger charge is 2.11. The molecule has 2 N–H and O–H groups in total. The predicted molar refractivity (Wildman–Crippen MR) is 48.1 cm³/mol. The maximum absolute atomic E-state index is 4.11. The van der Waals surface area contributed by atoms with Gasteiger partial charge in [0, 0.05) is 6.20 Å². The second kappa shape index (κ2) is 3.54. The van der Waals surface area contributed by atoms with Gasteiger partial charge in [0.25, 0.3) is 0 Å². The van der Waals surface area contributed by atoms with Crippen molar-refractivity contribution in [3.8, 4) is 0 Å². The summed E-state index contributed by atoms with van der Waals surface area (Å²) < 4.78 is 0. The third-order valence-corrected chi connectivity index (χ3v) is 2.22. The first-order valence-corrected chi connectivity index (χ1v) is 4.43. The lowest BCUT2D eigenvalue weighted by Crippen LogP contribution is -2.89. The van der Waals surface area contributed by atoms with Crippen molar-refractivity contribution in [1.29, 1.82) is 0 Å². The molecule has 3 nitrogen and oxygen atoms in total. The molecular weight excluding hydrogens is 150 g/mol. The summed E-state index contributed by atoms with van der Waals surface area (Å²) >= 11 is 0. The lowest BCUT2D eigenvalue weighted by Gasteiger charge is -2.26. The Morgan fingerprint density at radius 2 is 2.17 bits per heavy atom. The number of pyridine rings is 1. The molecule has 1 fully saturated rings. The molecule has 0 amide bonds. The zero-order chi connectivity index (χ0) is 8.23. The molecule has 1 aromatic rings. The van der Waals surface area contributed by atoms with E-state index in [-0.39, 0.29) is 0 Å². The third kappa shape index (κ3) is 1.56. The standard InChI is InChI=1S/C9H13N3/c1-2-9(8-11-3-1)12-6-4-10-5-7-12/h1-3,8,10H,4-7H2/p+1.